The van der Waals surface area contributed by atoms with Crippen molar-refractivity contribution in [2.45, 2.75) is 45.2 Å². The van der Waals surface area contributed by atoms with E-state index in [1.54, 1.807) is 0 Å². The van der Waals surface area contributed by atoms with Gasteiger partial charge in [0.15, 0.2) is 0 Å². The Morgan fingerprint density at radius 2 is 2.44 bits per heavy atom. The van der Waals surface area contributed by atoms with Gasteiger partial charge in [-0.25, -0.2) is 0 Å². The van der Waals surface area contributed by atoms with E-state index in [4.69, 9.17) is 5.73 Å². The molecule has 1 saturated heterocycles. The summed E-state index contributed by atoms with van der Waals surface area (Å²) in [5.74, 6) is -0.265. The predicted molar refractivity (Wildman–Crippen MR) is 70.0 cm³/mol. The van der Waals surface area contributed by atoms with Crippen LogP contribution >= 0.6 is 0 Å². The van der Waals surface area contributed by atoms with E-state index in [1.165, 1.54) is 0 Å². The van der Waals surface area contributed by atoms with Gasteiger partial charge in [0.05, 0.1) is 11.6 Å². The zero-order valence-electron chi connectivity index (χ0n) is 11.1. The molecule has 0 aliphatic carbocycles. The van der Waals surface area contributed by atoms with Crippen LogP contribution in [0.15, 0.2) is 12.3 Å². The highest BCUT2D eigenvalue weighted by atomic mass is 16.1. The molecule has 0 aromatic carbocycles. The van der Waals surface area contributed by atoms with Gasteiger partial charge in [-0.05, 0) is 39.3 Å². The van der Waals surface area contributed by atoms with Gasteiger partial charge in [-0.3, -0.25) is 9.48 Å². The Bertz CT molecular complexity index is 413. The van der Waals surface area contributed by atoms with Crippen molar-refractivity contribution in [2.75, 3.05) is 6.54 Å². The van der Waals surface area contributed by atoms with Gasteiger partial charge in [0.2, 0.25) is 5.91 Å². The number of aromatic nitrogens is 2. The molecular weight excluding hydrogens is 228 g/mol. The van der Waals surface area contributed by atoms with Crippen LogP contribution in [0.2, 0.25) is 0 Å². The second-order valence-corrected chi connectivity index (χ2v) is 5.30. The number of carbonyl (C=O) groups is 1. The Labute approximate surface area is 108 Å². The van der Waals surface area contributed by atoms with Gasteiger partial charge in [0, 0.05) is 24.7 Å². The molecule has 1 aromatic heterocycles. The summed E-state index contributed by atoms with van der Waals surface area (Å²) in [6.07, 6.45) is 4.66. The van der Waals surface area contributed by atoms with Crippen LogP contribution in [-0.2, 0) is 11.2 Å². The van der Waals surface area contributed by atoms with Crippen molar-refractivity contribution in [3.63, 3.8) is 0 Å². The maximum absolute atomic E-state index is 11.4. The summed E-state index contributed by atoms with van der Waals surface area (Å²) in [6.45, 7) is 5.16. The Balaban J connectivity index is 2.03. The van der Waals surface area contributed by atoms with Gasteiger partial charge in [-0.15, -0.1) is 0 Å². The maximum Gasteiger partial charge on any atom is 0.222 e. The molecule has 0 radical (unpaired) electrons. The first kappa shape index (κ1) is 13.1. The third-order valence-corrected chi connectivity index (χ3v) is 3.57. The molecule has 0 spiro atoms. The van der Waals surface area contributed by atoms with Crippen LogP contribution < -0.4 is 11.1 Å². The molecule has 18 heavy (non-hydrogen) atoms. The number of nitrogens with two attached hydrogens (primary N) is 1. The SMILES string of the molecule is CC(C)n1ccc(CC2NCCCC2C(N)=O)n1. The molecule has 1 aliphatic rings. The molecule has 1 aromatic rings. The molecule has 0 saturated carbocycles. The van der Waals surface area contributed by atoms with Crippen LogP contribution in [-0.4, -0.2) is 28.3 Å². The van der Waals surface area contributed by atoms with E-state index in [1.807, 2.05) is 16.9 Å². The fourth-order valence-corrected chi connectivity index (χ4v) is 2.51. The quantitative estimate of drug-likeness (QED) is 0.832. The molecule has 1 fully saturated rings. The summed E-state index contributed by atoms with van der Waals surface area (Å²) in [5.41, 5.74) is 6.48. The van der Waals surface area contributed by atoms with Gasteiger partial charge in [0.25, 0.3) is 0 Å². The number of nitrogens with one attached hydrogen (secondary N) is 1. The predicted octanol–water partition coefficient (Wildman–Crippen LogP) is 0.860. The molecule has 5 heteroatoms. The Kier molecular flexibility index (Phi) is 4.01. The van der Waals surface area contributed by atoms with Crippen LogP contribution in [0.4, 0.5) is 0 Å². The average Bonchev–Trinajstić information content (AvgIpc) is 2.78. The van der Waals surface area contributed by atoms with E-state index in [9.17, 15) is 4.79 Å². The fraction of sp³-hybridized carbons (Fsp3) is 0.692. The van der Waals surface area contributed by atoms with Crippen LogP contribution in [0.1, 0.15) is 38.4 Å². The number of amides is 1. The highest BCUT2D eigenvalue weighted by Crippen LogP contribution is 2.19. The van der Waals surface area contributed by atoms with Gasteiger partial charge in [-0.2, -0.15) is 5.10 Å². The number of hydrogen-bond donors (Lipinski definition) is 2. The van der Waals surface area contributed by atoms with Gasteiger partial charge in [-0.1, -0.05) is 0 Å². The van der Waals surface area contributed by atoms with E-state index >= 15 is 0 Å². The zero-order chi connectivity index (χ0) is 13.1. The van der Waals surface area contributed by atoms with E-state index < -0.39 is 0 Å². The molecule has 1 amide bonds. The van der Waals surface area contributed by atoms with Crippen molar-refractivity contribution < 1.29 is 4.79 Å². The molecule has 3 N–H and O–H groups in total. The normalized spacial score (nSPS) is 24.4. The summed E-state index contributed by atoms with van der Waals surface area (Å²) >= 11 is 0. The number of rotatable bonds is 4. The molecule has 0 bridgehead atoms. The summed E-state index contributed by atoms with van der Waals surface area (Å²) in [4.78, 5) is 11.4. The van der Waals surface area contributed by atoms with Crippen molar-refractivity contribution in [1.82, 2.24) is 15.1 Å². The van der Waals surface area contributed by atoms with Gasteiger partial charge in [0.1, 0.15) is 0 Å². The highest BCUT2D eigenvalue weighted by Gasteiger charge is 2.29. The second kappa shape index (κ2) is 5.52. The summed E-state index contributed by atoms with van der Waals surface area (Å²) < 4.78 is 1.94. The zero-order valence-corrected chi connectivity index (χ0v) is 11.1. The minimum Gasteiger partial charge on any atom is -0.369 e. The topological polar surface area (TPSA) is 72.9 Å². The van der Waals surface area contributed by atoms with Crippen LogP contribution in [0.5, 0.6) is 0 Å². The van der Waals surface area contributed by atoms with Crippen molar-refractivity contribution in [3.05, 3.63) is 18.0 Å². The Hall–Kier alpha value is -1.36. The molecular formula is C13H22N4O. The van der Waals surface area contributed by atoms with Crippen molar-refractivity contribution >= 4 is 5.91 Å². The average molecular weight is 250 g/mol. The van der Waals surface area contributed by atoms with Gasteiger partial charge < -0.3 is 11.1 Å². The van der Waals surface area contributed by atoms with Crippen molar-refractivity contribution in [3.8, 4) is 0 Å². The van der Waals surface area contributed by atoms with E-state index in [0.717, 1.165) is 31.5 Å². The lowest BCUT2D eigenvalue weighted by Gasteiger charge is -2.30. The third-order valence-electron chi connectivity index (χ3n) is 3.57. The highest BCUT2D eigenvalue weighted by molar-refractivity contribution is 5.77. The summed E-state index contributed by atoms with van der Waals surface area (Å²) in [7, 11) is 0. The Morgan fingerprint density at radius 3 is 3.06 bits per heavy atom. The number of carbonyl (C=O) groups excluding carboxylic acids is 1. The standard InChI is InChI=1S/C13H22N4O/c1-9(2)17-7-5-10(16-17)8-12-11(13(14)18)4-3-6-15-12/h5,7,9,11-12,15H,3-4,6,8H2,1-2H3,(H2,14,18). The molecule has 5 nitrogen and oxygen atoms in total. The largest absolute Gasteiger partial charge is 0.369 e. The molecule has 1 aliphatic heterocycles. The minimum absolute atomic E-state index is 0.0667. The first-order chi connectivity index (χ1) is 8.58. The van der Waals surface area contributed by atoms with E-state index in [2.05, 4.69) is 24.3 Å². The van der Waals surface area contributed by atoms with Crippen LogP contribution in [0.25, 0.3) is 0 Å². The number of primary amides is 1. The lowest BCUT2D eigenvalue weighted by atomic mass is 9.87. The van der Waals surface area contributed by atoms with Crippen LogP contribution in [0, 0.1) is 5.92 Å². The minimum atomic E-state index is -0.199. The Morgan fingerprint density at radius 1 is 1.67 bits per heavy atom. The fourth-order valence-electron chi connectivity index (χ4n) is 2.51. The molecule has 100 valence electrons. The summed E-state index contributed by atoms with van der Waals surface area (Å²) in [6, 6.07) is 2.52. The lowest BCUT2D eigenvalue weighted by Crippen LogP contribution is -2.48. The lowest BCUT2D eigenvalue weighted by molar-refractivity contribution is -0.123. The number of piperidine rings is 1. The maximum atomic E-state index is 11.4. The third kappa shape index (κ3) is 2.90. The van der Waals surface area contributed by atoms with Crippen molar-refractivity contribution in [2.24, 2.45) is 11.7 Å². The van der Waals surface area contributed by atoms with Crippen molar-refractivity contribution in [1.29, 1.82) is 0 Å². The number of nitrogens with zero attached hydrogens (tertiary/aromatic N) is 2. The molecule has 2 rings (SSSR count). The number of hydrogen-bond acceptors (Lipinski definition) is 3. The first-order valence-corrected chi connectivity index (χ1v) is 6.64. The van der Waals surface area contributed by atoms with Crippen LogP contribution in [0.3, 0.4) is 0 Å². The molecule has 2 heterocycles. The summed E-state index contributed by atoms with van der Waals surface area (Å²) in [5, 5.41) is 7.91. The van der Waals surface area contributed by atoms with E-state index in [-0.39, 0.29) is 17.9 Å². The monoisotopic (exact) mass is 250 g/mol. The van der Waals surface area contributed by atoms with E-state index in [0.29, 0.717) is 6.04 Å². The smallest absolute Gasteiger partial charge is 0.222 e. The second-order valence-electron chi connectivity index (χ2n) is 5.30. The first-order valence-electron chi connectivity index (χ1n) is 6.64. The molecule has 2 unspecified atom stereocenters. The van der Waals surface area contributed by atoms with Gasteiger partial charge >= 0.3 is 0 Å². The molecule has 2 atom stereocenters.